The lowest BCUT2D eigenvalue weighted by molar-refractivity contribution is -0.193. The second-order valence-electron chi connectivity index (χ2n) is 24.0. The minimum Gasteiger partial charge on any atom is -0.450 e. The summed E-state index contributed by atoms with van der Waals surface area (Å²) in [5.74, 6) is 7.48. The average molecular weight is 1320 g/mol. The molecule has 0 aromatic rings. The van der Waals surface area contributed by atoms with Gasteiger partial charge in [-0.3, -0.25) is 28.8 Å². The normalized spacial score (nSPS) is 23.5. The Kier molecular flexibility index (Phi) is 42.5. The molecule has 498 valence electrons. The van der Waals surface area contributed by atoms with E-state index < -0.39 is 22.5 Å². The van der Waals surface area contributed by atoms with Crippen LogP contribution in [0.15, 0.2) is 0 Å². The Morgan fingerprint density at radius 1 is 0.400 bits per heavy atom. The fourth-order valence-electron chi connectivity index (χ4n) is 6.00. The maximum Gasteiger partial charge on any atom is 0.313 e. The summed E-state index contributed by atoms with van der Waals surface area (Å²) in [6.07, 6.45) is 6.67. The van der Waals surface area contributed by atoms with Crippen LogP contribution in [-0.2, 0) is 85.6 Å². The number of ether oxygens (including phenoxy) is 12. The zero-order valence-corrected chi connectivity index (χ0v) is 59.6. The lowest BCUT2D eigenvalue weighted by Crippen LogP contribution is -2.33. The smallest absolute Gasteiger partial charge is 0.313 e. The van der Waals surface area contributed by atoms with Gasteiger partial charge in [0.1, 0.15) is 6.61 Å². The van der Waals surface area contributed by atoms with E-state index in [2.05, 4.69) is 0 Å². The monoisotopic (exact) mass is 1320 g/mol. The van der Waals surface area contributed by atoms with Gasteiger partial charge in [0.05, 0.1) is 90.1 Å². The van der Waals surface area contributed by atoms with E-state index in [9.17, 15) is 28.8 Å². The fraction of sp³-hybridized carbons (Fsp3) is 0.902. The van der Waals surface area contributed by atoms with Crippen LogP contribution in [0.2, 0.25) is 0 Å². The number of thioether (sulfide) groups is 6. The van der Waals surface area contributed by atoms with Gasteiger partial charge < -0.3 is 56.8 Å². The van der Waals surface area contributed by atoms with E-state index in [0.29, 0.717) is 45.6 Å². The van der Waals surface area contributed by atoms with Crippen LogP contribution in [0, 0.1) is 33.0 Å². The largest absolute Gasteiger partial charge is 0.450 e. The zero-order valence-electron chi connectivity index (χ0n) is 54.7. The molecule has 6 rings (SSSR count). The number of carbonyl (C=O) groups is 6. The molecule has 0 bridgehead atoms. The van der Waals surface area contributed by atoms with Crippen LogP contribution in [0.5, 0.6) is 0 Å². The second kappa shape index (κ2) is 44.2. The maximum atomic E-state index is 11.8. The molecule has 6 saturated heterocycles. The molecule has 0 radical (unpaired) electrons. The van der Waals surface area contributed by atoms with Crippen molar-refractivity contribution in [3.63, 3.8) is 0 Å². The van der Waals surface area contributed by atoms with Crippen molar-refractivity contribution in [2.24, 2.45) is 33.0 Å². The van der Waals surface area contributed by atoms with Crippen molar-refractivity contribution in [2.45, 2.75) is 211 Å². The summed E-state index contributed by atoms with van der Waals surface area (Å²) in [6, 6.07) is 0. The number of hydrogen-bond acceptors (Lipinski definition) is 24. The average Bonchev–Trinajstić information content (AvgIpc) is 3.97. The van der Waals surface area contributed by atoms with Gasteiger partial charge in [-0.25, -0.2) is 0 Å². The molecule has 0 aromatic carbocycles. The molecule has 6 aliphatic heterocycles. The van der Waals surface area contributed by atoms with E-state index >= 15 is 0 Å². The molecule has 0 spiro atoms. The van der Waals surface area contributed by atoms with Gasteiger partial charge in [0.25, 0.3) is 0 Å². The summed E-state index contributed by atoms with van der Waals surface area (Å²) in [5, 5.41) is 0. The summed E-state index contributed by atoms with van der Waals surface area (Å²) in [4.78, 5) is 69.9. The highest BCUT2D eigenvalue weighted by Gasteiger charge is 2.35. The molecule has 18 nitrogen and oxygen atoms in total. The van der Waals surface area contributed by atoms with Crippen molar-refractivity contribution in [1.82, 2.24) is 0 Å². The number of esters is 6. The third kappa shape index (κ3) is 35.2. The Bertz CT molecular complexity index is 1740. The maximum absolute atomic E-state index is 11.8. The summed E-state index contributed by atoms with van der Waals surface area (Å²) in [5.41, 5.74) is -2.09. The fourth-order valence-corrected chi connectivity index (χ4v) is 11.6. The van der Waals surface area contributed by atoms with Gasteiger partial charge in [-0.15, -0.1) is 47.0 Å². The van der Waals surface area contributed by atoms with Crippen LogP contribution < -0.4 is 0 Å². The number of hydrogen-bond donors (Lipinski definition) is 0. The van der Waals surface area contributed by atoms with E-state index in [1.165, 1.54) is 12.2 Å². The topological polar surface area (TPSA) is 213 Å². The molecule has 0 amide bonds. The molecule has 85 heavy (non-hydrogen) atoms. The molecule has 6 aliphatic rings. The first-order valence-electron chi connectivity index (χ1n) is 30.5. The lowest BCUT2D eigenvalue weighted by atomic mass is 9.91. The van der Waals surface area contributed by atoms with Gasteiger partial charge in [-0.2, -0.15) is 23.5 Å². The van der Waals surface area contributed by atoms with Crippen molar-refractivity contribution in [2.75, 3.05) is 105 Å². The molecule has 0 aliphatic carbocycles. The SMILES string of the molecule is CCC(C)(C)C(=O)OC1COCCCO1.CCC(C)(C)C(=O)OC1COCCS1.CCC(C)(C)C(=O)OC1CSCCCO1.CCC(C)(C)C(=O)OC1CSCCCS1.CCC(C)(C)C(=O)OC1CSCO1.CCC(C)C(=O)OC1COCCS1. The Balaban J connectivity index is 0.000000510. The van der Waals surface area contributed by atoms with Gasteiger partial charge in [0.2, 0.25) is 18.9 Å². The van der Waals surface area contributed by atoms with Crippen LogP contribution in [0.4, 0.5) is 0 Å². The zero-order chi connectivity index (χ0) is 64.1. The van der Waals surface area contributed by atoms with E-state index in [0.717, 1.165) is 105 Å². The van der Waals surface area contributed by atoms with Gasteiger partial charge in [-0.05, 0) is 144 Å². The highest BCUT2D eigenvalue weighted by molar-refractivity contribution is 8.04. The van der Waals surface area contributed by atoms with Crippen LogP contribution in [0.3, 0.4) is 0 Å². The third-order valence-corrected chi connectivity index (χ3v) is 21.2. The van der Waals surface area contributed by atoms with Crippen LogP contribution in [-0.4, -0.2) is 176 Å². The Morgan fingerprint density at radius 2 is 0.788 bits per heavy atom. The summed E-state index contributed by atoms with van der Waals surface area (Å²) in [7, 11) is 0. The van der Waals surface area contributed by atoms with Gasteiger partial charge >= 0.3 is 35.8 Å². The van der Waals surface area contributed by atoms with Crippen LogP contribution >= 0.6 is 70.6 Å². The molecule has 0 aromatic heterocycles. The van der Waals surface area contributed by atoms with Crippen molar-refractivity contribution < 1.29 is 85.6 Å². The third-order valence-electron chi connectivity index (χ3n) is 14.8. The second-order valence-corrected chi connectivity index (χ2v) is 31.1. The summed E-state index contributed by atoms with van der Waals surface area (Å²) < 4.78 is 63.5. The predicted molar refractivity (Wildman–Crippen MR) is 348 cm³/mol. The molecule has 7 atom stereocenters. The molecule has 0 saturated carbocycles. The van der Waals surface area contributed by atoms with E-state index in [1.54, 1.807) is 58.8 Å². The number of carbonyl (C=O) groups excluding carboxylic acids is 6. The van der Waals surface area contributed by atoms with Crippen molar-refractivity contribution in [3.8, 4) is 0 Å². The predicted octanol–water partition coefficient (Wildman–Crippen LogP) is 13.1. The van der Waals surface area contributed by atoms with E-state index in [-0.39, 0.29) is 81.5 Å². The number of rotatable bonds is 18. The summed E-state index contributed by atoms with van der Waals surface area (Å²) in [6.45, 7) is 37.7. The molecule has 0 N–H and O–H groups in total. The minimum absolute atomic E-state index is 0.00234. The molecular formula is C61H110O18S6. The van der Waals surface area contributed by atoms with Crippen molar-refractivity contribution >= 4 is 106 Å². The Hall–Kier alpha value is -1.32. The van der Waals surface area contributed by atoms with Gasteiger partial charge in [-0.1, -0.05) is 48.5 Å². The Labute approximate surface area is 537 Å². The molecule has 6 fully saturated rings. The van der Waals surface area contributed by atoms with Gasteiger partial charge in [0.15, 0.2) is 16.3 Å². The van der Waals surface area contributed by atoms with Crippen LogP contribution in [0.1, 0.15) is 175 Å². The first kappa shape index (κ1) is 81.7. The van der Waals surface area contributed by atoms with Gasteiger partial charge in [0, 0.05) is 23.9 Å². The molecule has 6 heterocycles. The molecular weight excluding hydrogens is 1210 g/mol. The first-order chi connectivity index (χ1) is 40.0. The van der Waals surface area contributed by atoms with E-state index in [4.69, 9.17) is 56.8 Å². The lowest BCUT2D eigenvalue weighted by Gasteiger charge is -2.27. The quantitative estimate of drug-likeness (QED) is 0.0921. The van der Waals surface area contributed by atoms with Crippen LogP contribution in [0.25, 0.3) is 0 Å². The Morgan fingerprint density at radius 3 is 1.25 bits per heavy atom. The first-order valence-corrected chi connectivity index (χ1v) is 37.1. The highest BCUT2D eigenvalue weighted by atomic mass is 32.2. The highest BCUT2D eigenvalue weighted by Crippen LogP contribution is 2.31. The van der Waals surface area contributed by atoms with Crippen molar-refractivity contribution in [1.29, 1.82) is 0 Å². The minimum atomic E-state index is -0.536. The van der Waals surface area contributed by atoms with Crippen molar-refractivity contribution in [3.05, 3.63) is 0 Å². The van der Waals surface area contributed by atoms with E-state index in [1.807, 2.05) is 129 Å². The standard InChI is InChI=1S/C11H20O4.C11H20O3S.C11H20O2S2.C10H18O3S.2C9H16O3S/c1-4-11(2,3)10(12)15-9-8-13-6-5-7-14-9;1-4-11(2,3)10(12)14-9-8-15-7-5-6-13-9;1-4-11(2,3)10(12)13-9-8-14-6-5-7-15-9;1-4-10(2,3)9(11)13-8-7-12-5-6-14-8;1-4-9(2,3)8(10)12-7-5-13-6-11-7;1-3-7(2)9(10)12-8-6-11-4-5-13-8/h3*9H,4-8H2,1-3H3;8H,4-7H2,1-3H3;7H,4-6H2,1-3H3;7-8H,3-6H2,1-2H3. The molecule has 24 heteroatoms. The summed E-state index contributed by atoms with van der Waals surface area (Å²) >= 11 is 10.4. The molecule has 7 unspecified atom stereocenters.